The number of carbonyl (C=O) groups excluding carboxylic acids is 1. The van der Waals surface area contributed by atoms with Gasteiger partial charge in [0, 0.05) is 16.8 Å². The topological polar surface area (TPSA) is 64.6 Å². The van der Waals surface area contributed by atoms with E-state index in [0.717, 1.165) is 32.7 Å². The maximum absolute atomic E-state index is 14.2. The lowest BCUT2D eigenvalue weighted by atomic mass is 9.96. The van der Waals surface area contributed by atoms with Gasteiger partial charge in [0.05, 0.1) is 14.6 Å². The second-order valence-electron chi connectivity index (χ2n) is 10.2. The van der Waals surface area contributed by atoms with Gasteiger partial charge in [-0.3, -0.25) is 14.2 Å². The molecule has 5 nitrogen and oxygen atoms in total. The number of aromatic nitrogens is 1. The summed E-state index contributed by atoms with van der Waals surface area (Å²) in [6, 6.07) is 26.5. The Morgan fingerprint density at radius 1 is 0.929 bits per heavy atom. The van der Waals surface area contributed by atoms with Crippen molar-refractivity contribution in [2.45, 2.75) is 19.9 Å². The number of thiazole rings is 1. The number of rotatable bonds is 4. The van der Waals surface area contributed by atoms with Crippen molar-refractivity contribution >= 4 is 67.9 Å². The molecule has 6 aromatic rings. The Bertz CT molecular complexity index is 2260. The highest BCUT2D eigenvalue weighted by Crippen LogP contribution is 2.36. The van der Waals surface area contributed by atoms with E-state index >= 15 is 0 Å². The summed E-state index contributed by atoms with van der Waals surface area (Å²) in [6.45, 7) is 3.28. The van der Waals surface area contributed by atoms with Gasteiger partial charge in [-0.1, -0.05) is 83.1 Å². The van der Waals surface area contributed by atoms with Crippen LogP contribution in [0, 0.1) is 0 Å². The number of fused-ring (bicyclic) bond motifs is 3. The molecule has 0 aliphatic carbocycles. The molecule has 0 saturated heterocycles. The van der Waals surface area contributed by atoms with E-state index in [9.17, 15) is 9.59 Å². The van der Waals surface area contributed by atoms with Gasteiger partial charge in [-0.25, -0.2) is 4.99 Å². The van der Waals surface area contributed by atoms with Crippen LogP contribution >= 0.6 is 34.5 Å². The Kier molecular flexibility index (Phi) is 6.50. The van der Waals surface area contributed by atoms with Gasteiger partial charge < -0.3 is 4.42 Å². The molecule has 42 heavy (non-hydrogen) atoms. The van der Waals surface area contributed by atoms with Crippen molar-refractivity contribution in [3.8, 4) is 11.3 Å². The van der Waals surface area contributed by atoms with Gasteiger partial charge in [0.25, 0.3) is 5.56 Å². The minimum absolute atomic E-state index is 0.178. The van der Waals surface area contributed by atoms with E-state index in [0.29, 0.717) is 42.2 Å². The number of ketones is 1. The lowest BCUT2D eigenvalue weighted by Gasteiger charge is -2.22. The van der Waals surface area contributed by atoms with Crippen molar-refractivity contribution in [2.75, 3.05) is 0 Å². The molecule has 8 heteroatoms. The zero-order valence-corrected chi connectivity index (χ0v) is 24.8. The maximum atomic E-state index is 14.2. The first-order valence-electron chi connectivity index (χ1n) is 13.3. The molecule has 0 fully saturated rings. The summed E-state index contributed by atoms with van der Waals surface area (Å²) in [4.78, 5) is 32.3. The molecule has 4 aromatic carbocycles. The summed E-state index contributed by atoms with van der Waals surface area (Å²) in [6.07, 6.45) is 1.95. The van der Waals surface area contributed by atoms with Crippen molar-refractivity contribution in [3.63, 3.8) is 0 Å². The molecule has 3 heterocycles. The summed E-state index contributed by atoms with van der Waals surface area (Å²) in [5.41, 5.74) is 2.44. The van der Waals surface area contributed by atoms with Crippen LogP contribution in [0.15, 0.2) is 110 Å². The second kappa shape index (κ2) is 10.2. The molecule has 0 spiro atoms. The average molecular weight is 610 g/mol. The van der Waals surface area contributed by atoms with Crippen LogP contribution in [-0.2, 0) is 4.79 Å². The Labute approximate surface area is 254 Å². The van der Waals surface area contributed by atoms with Crippen molar-refractivity contribution < 1.29 is 9.21 Å². The van der Waals surface area contributed by atoms with Crippen molar-refractivity contribution in [2.24, 2.45) is 4.99 Å². The normalized spacial score (nSPS) is 15.3. The van der Waals surface area contributed by atoms with Gasteiger partial charge in [0.1, 0.15) is 17.6 Å². The summed E-state index contributed by atoms with van der Waals surface area (Å²) < 4.78 is 8.39. The number of carbonyl (C=O) groups is 1. The van der Waals surface area contributed by atoms with Crippen LogP contribution in [0.1, 0.15) is 31.2 Å². The third-order valence-corrected chi connectivity index (χ3v) is 9.31. The van der Waals surface area contributed by atoms with E-state index in [1.807, 2.05) is 36.4 Å². The molecule has 0 unspecified atom stereocenters. The van der Waals surface area contributed by atoms with Crippen molar-refractivity contribution in [1.29, 1.82) is 0 Å². The number of nitrogens with zero attached hydrogens (tertiary/aromatic N) is 2. The predicted octanol–water partition coefficient (Wildman–Crippen LogP) is 7.70. The smallest absolute Gasteiger partial charge is 0.271 e. The Balaban J connectivity index is 1.45. The van der Waals surface area contributed by atoms with Crippen LogP contribution in [0.4, 0.5) is 0 Å². The third-order valence-electron chi connectivity index (χ3n) is 7.59. The van der Waals surface area contributed by atoms with Gasteiger partial charge in [-0.15, -0.1) is 0 Å². The van der Waals surface area contributed by atoms with Gasteiger partial charge in [-0.2, -0.15) is 0 Å². The monoisotopic (exact) mass is 608 g/mol. The zero-order chi connectivity index (χ0) is 29.1. The van der Waals surface area contributed by atoms with E-state index in [4.69, 9.17) is 32.6 Å². The lowest BCUT2D eigenvalue weighted by molar-refractivity contribution is -0.114. The molecule has 206 valence electrons. The highest BCUT2D eigenvalue weighted by molar-refractivity contribution is 7.07. The van der Waals surface area contributed by atoms with Gasteiger partial charge in [-0.05, 0) is 83.4 Å². The Hall–Kier alpha value is -4.23. The molecule has 1 atom stereocenters. The SMILES string of the molecule is CC(=O)C1=C(C)N=c2s/c(=C\c3c4ccccc4cc4ccccc34)c(=O)n2[C@H]1c1ccc(-c2ccc(Cl)c(Cl)c2)o1. The van der Waals surface area contributed by atoms with Gasteiger partial charge in [0.15, 0.2) is 10.6 Å². The summed E-state index contributed by atoms with van der Waals surface area (Å²) in [5, 5.41) is 5.13. The first kappa shape index (κ1) is 26.7. The van der Waals surface area contributed by atoms with Gasteiger partial charge >= 0.3 is 0 Å². The Morgan fingerprint density at radius 3 is 2.29 bits per heavy atom. The molecule has 1 aliphatic heterocycles. The zero-order valence-electron chi connectivity index (χ0n) is 22.5. The second-order valence-corrected chi connectivity index (χ2v) is 12.0. The van der Waals surface area contributed by atoms with Crippen LogP contribution in [0.2, 0.25) is 10.0 Å². The first-order chi connectivity index (χ1) is 20.3. The number of hydrogen-bond acceptors (Lipinski definition) is 5. The van der Waals surface area contributed by atoms with E-state index in [1.54, 1.807) is 35.8 Å². The fourth-order valence-corrected chi connectivity index (χ4v) is 7.01. The highest BCUT2D eigenvalue weighted by Gasteiger charge is 2.33. The number of furan rings is 1. The van der Waals surface area contributed by atoms with Crippen LogP contribution in [0.5, 0.6) is 0 Å². The molecule has 0 saturated carbocycles. The molecule has 2 aromatic heterocycles. The van der Waals surface area contributed by atoms with Gasteiger partial charge in [0.2, 0.25) is 0 Å². The number of benzene rings is 4. The van der Waals surface area contributed by atoms with Crippen LogP contribution < -0.4 is 14.9 Å². The molecule has 7 rings (SSSR count). The van der Waals surface area contributed by atoms with Crippen LogP contribution in [-0.4, -0.2) is 10.4 Å². The van der Waals surface area contributed by atoms with Crippen molar-refractivity contribution in [1.82, 2.24) is 4.57 Å². The average Bonchev–Trinajstić information content (AvgIpc) is 3.58. The minimum Gasteiger partial charge on any atom is -0.458 e. The Morgan fingerprint density at radius 2 is 1.62 bits per heavy atom. The summed E-state index contributed by atoms with van der Waals surface area (Å²) in [5.74, 6) is 0.826. The van der Waals surface area contributed by atoms with E-state index in [-0.39, 0.29) is 11.3 Å². The third kappa shape index (κ3) is 4.34. The maximum Gasteiger partial charge on any atom is 0.271 e. The number of allylic oxidation sites excluding steroid dienone is 2. The van der Waals surface area contributed by atoms with E-state index < -0.39 is 6.04 Å². The first-order valence-corrected chi connectivity index (χ1v) is 14.9. The van der Waals surface area contributed by atoms with E-state index in [1.165, 1.54) is 18.3 Å². The quantitative estimate of drug-likeness (QED) is 0.193. The van der Waals surface area contributed by atoms with Crippen molar-refractivity contribution in [3.05, 3.63) is 137 Å². The number of Topliss-reactive ketones (excluding diaryl/α,β-unsaturated/α-hetero) is 1. The van der Waals surface area contributed by atoms with E-state index in [2.05, 4.69) is 30.3 Å². The lowest BCUT2D eigenvalue weighted by Crippen LogP contribution is -2.39. The highest BCUT2D eigenvalue weighted by atomic mass is 35.5. The number of halogens is 2. The molecule has 1 aliphatic rings. The summed E-state index contributed by atoms with van der Waals surface area (Å²) in [7, 11) is 0. The fraction of sp³-hybridized carbons (Fsp3) is 0.0882. The predicted molar refractivity (Wildman–Crippen MR) is 170 cm³/mol. The van der Waals surface area contributed by atoms with Crippen LogP contribution in [0.3, 0.4) is 0 Å². The molecule has 0 radical (unpaired) electrons. The largest absolute Gasteiger partial charge is 0.458 e. The molecule has 0 N–H and O–H groups in total. The molecular formula is C34H22Cl2N2O3S. The number of hydrogen-bond donors (Lipinski definition) is 0. The molecule has 0 bridgehead atoms. The van der Waals surface area contributed by atoms with Crippen LogP contribution in [0.25, 0.3) is 38.9 Å². The molecular weight excluding hydrogens is 587 g/mol. The minimum atomic E-state index is -0.762. The fourth-order valence-electron chi connectivity index (χ4n) is 5.68. The summed E-state index contributed by atoms with van der Waals surface area (Å²) >= 11 is 13.7. The molecule has 0 amide bonds. The standard InChI is InChI=1S/C34H22Cl2N2O3S/c1-18-31(19(2)39)32(29-14-13-28(41-29)22-11-12-26(35)27(36)16-22)38-33(40)30(42-34(38)37-18)17-25-23-9-5-3-7-20(23)15-21-8-4-6-10-24(21)25/h3-17,32H,1-2H3/b30-17-/t32-/m0/s1.